The number of fused-ring (bicyclic) bond motifs is 1. The van der Waals surface area contributed by atoms with Crippen molar-refractivity contribution >= 4 is 39.7 Å². The Kier molecular flexibility index (Phi) is 4.02. The fraction of sp³-hybridized carbons (Fsp3) is 0.263. The first-order valence-corrected chi connectivity index (χ1v) is 9.20. The number of thiophene rings is 1. The Balaban J connectivity index is 1.70. The summed E-state index contributed by atoms with van der Waals surface area (Å²) in [4.78, 5) is 20.6. The third kappa shape index (κ3) is 3.04. The molecule has 1 fully saturated rings. The van der Waals surface area contributed by atoms with Gasteiger partial charge < -0.3 is 4.90 Å². The van der Waals surface area contributed by atoms with Gasteiger partial charge in [0, 0.05) is 28.9 Å². The van der Waals surface area contributed by atoms with Crippen molar-refractivity contribution in [1.82, 2.24) is 9.88 Å². The Bertz CT molecular complexity index is 917. The van der Waals surface area contributed by atoms with Crippen molar-refractivity contribution < 1.29 is 4.79 Å². The molecule has 1 aromatic carbocycles. The molecule has 0 bridgehead atoms. The van der Waals surface area contributed by atoms with Crippen molar-refractivity contribution in [1.29, 1.82) is 0 Å². The number of para-hydroxylation sites is 1. The van der Waals surface area contributed by atoms with Crippen LogP contribution in [0.5, 0.6) is 0 Å². The van der Waals surface area contributed by atoms with E-state index >= 15 is 0 Å². The zero-order valence-corrected chi connectivity index (χ0v) is 14.9. The highest BCUT2D eigenvalue weighted by molar-refractivity contribution is 7.16. The second kappa shape index (κ2) is 6.19. The Labute approximate surface area is 149 Å². The number of nitrogens with zero attached hydrogens (tertiary/aromatic N) is 2. The molecule has 3 aromatic rings. The van der Waals surface area contributed by atoms with Crippen LogP contribution in [0.1, 0.15) is 39.7 Å². The molecule has 4 rings (SSSR count). The lowest BCUT2D eigenvalue weighted by atomic mass is 10.0. The normalized spacial score (nSPS) is 14.1. The van der Waals surface area contributed by atoms with Gasteiger partial charge in [0.2, 0.25) is 0 Å². The van der Waals surface area contributed by atoms with Crippen LogP contribution in [0.15, 0.2) is 42.5 Å². The lowest BCUT2D eigenvalue weighted by molar-refractivity contribution is 0.0788. The average molecular weight is 357 g/mol. The van der Waals surface area contributed by atoms with Crippen LogP contribution in [-0.4, -0.2) is 22.8 Å². The quantitative estimate of drug-likeness (QED) is 0.651. The van der Waals surface area contributed by atoms with E-state index in [1.807, 2.05) is 49.5 Å². The first-order valence-electron chi connectivity index (χ1n) is 8.01. The van der Waals surface area contributed by atoms with E-state index in [4.69, 9.17) is 16.6 Å². The molecule has 1 saturated carbocycles. The number of amides is 1. The smallest absolute Gasteiger partial charge is 0.254 e. The molecule has 1 amide bonds. The van der Waals surface area contributed by atoms with Crippen LogP contribution in [-0.2, 0) is 6.54 Å². The summed E-state index contributed by atoms with van der Waals surface area (Å²) in [6.07, 6.45) is 2.34. The van der Waals surface area contributed by atoms with Gasteiger partial charge in [-0.15, -0.1) is 11.3 Å². The first kappa shape index (κ1) is 15.6. The maximum Gasteiger partial charge on any atom is 0.254 e. The second-order valence-corrected chi connectivity index (χ2v) is 8.05. The van der Waals surface area contributed by atoms with E-state index < -0.39 is 0 Å². The van der Waals surface area contributed by atoms with Crippen molar-refractivity contribution in [3.05, 3.63) is 62.9 Å². The van der Waals surface area contributed by atoms with Crippen molar-refractivity contribution in [3.63, 3.8) is 0 Å². The molecule has 0 N–H and O–H groups in total. The van der Waals surface area contributed by atoms with Gasteiger partial charge in [0.25, 0.3) is 5.91 Å². The first-order chi connectivity index (χ1) is 11.6. The van der Waals surface area contributed by atoms with Gasteiger partial charge >= 0.3 is 0 Å². The summed E-state index contributed by atoms with van der Waals surface area (Å²) in [5, 5.41) is 0.919. The Hall–Kier alpha value is -1.91. The number of rotatable bonds is 4. The van der Waals surface area contributed by atoms with E-state index in [9.17, 15) is 4.79 Å². The van der Waals surface area contributed by atoms with Gasteiger partial charge in [0.15, 0.2) is 0 Å². The highest BCUT2D eigenvalue weighted by atomic mass is 35.5. The SMILES string of the molecule is CN(Cc1ccc(Cl)s1)C(=O)c1cc(C2CC2)nc2ccccc12. The summed E-state index contributed by atoms with van der Waals surface area (Å²) < 4.78 is 0.747. The van der Waals surface area contributed by atoms with Gasteiger partial charge in [-0.05, 0) is 37.1 Å². The van der Waals surface area contributed by atoms with E-state index in [-0.39, 0.29) is 5.91 Å². The summed E-state index contributed by atoms with van der Waals surface area (Å²) in [6, 6.07) is 13.7. The fourth-order valence-corrected chi connectivity index (χ4v) is 4.05. The summed E-state index contributed by atoms with van der Waals surface area (Å²) in [7, 11) is 1.84. The van der Waals surface area contributed by atoms with Crippen molar-refractivity contribution in [2.75, 3.05) is 7.05 Å². The molecule has 2 heterocycles. The molecule has 0 aliphatic heterocycles. The Morgan fingerprint density at radius 2 is 2.08 bits per heavy atom. The number of aromatic nitrogens is 1. The molecule has 1 aliphatic carbocycles. The summed E-state index contributed by atoms with van der Waals surface area (Å²) in [5.41, 5.74) is 2.69. The molecule has 0 unspecified atom stereocenters. The van der Waals surface area contributed by atoms with Gasteiger partial charge in [-0.3, -0.25) is 9.78 Å². The number of halogens is 1. The number of hydrogen-bond donors (Lipinski definition) is 0. The number of carbonyl (C=O) groups excluding carboxylic acids is 1. The van der Waals surface area contributed by atoms with E-state index in [1.165, 1.54) is 24.2 Å². The molecule has 2 aromatic heterocycles. The van der Waals surface area contributed by atoms with E-state index in [1.54, 1.807) is 4.90 Å². The van der Waals surface area contributed by atoms with Gasteiger partial charge in [0.1, 0.15) is 0 Å². The number of hydrogen-bond acceptors (Lipinski definition) is 3. The number of carbonyl (C=O) groups is 1. The molecular weight excluding hydrogens is 340 g/mol. The summed E-state index contributed by atoms with van der Waals surface area (Å²) >= 11 is 7.50. The minimum atomic E-state index is 0.0278. The number of pyridine rings is 1. The minimum Gasteiger partial charge on any atom is -0.337 e. The fourth-order valence-electron chi connectivity index (χ4n) is 2.91. The van der Waals surface area contributed by atoms with Crippen LogP contribution in [0.25, 0.3) is 10.9 Å². The maximum absolute atomic E-state index is 13.0. The lowest BCUT2D eigenvalue weighted by Crippen LogP contribution is -2.26. The van der Waals surface area contributed by atoms with Crippen LogP contribution >= 0.6 is 22.9 Å². The molecule has 0 atom stereocenters. The molecule has 5 heteroatoms. The van der Waals surface area contributed by atoms with Crippen LogP contribution < -0.4 is 0 Å². The molecule has 3 nitrogen and oxygen atoms in total. The van der Waals surface area contributed by atoms with Crippen molar-refractivity contribution in [3.8, 4) is 0 Å². The Morgan fingerprint density at radius 1 is 1.29 bits per heavy atom. The third-order valence-corrected chi connectivity index (χ3v) is 5.55. The zero-order valence-electron chi connectivity index (χ0n) is 13.3. The summed E-state index contributed by atoms with van der Waals surface area (Å²) in [5.74, 6) is 0.544. The minimum absolute atomic E-state index is 0.0278. The molecular formula is C19H17ClN2OS. The van der Waals surface area contributed by atoms with E-state index in [2.05, 4.69) is 0 Å². The molecule has 0 saturated heterocycles. The Morgan fingerprint density at radius 3 is 2.79 bits per heavy atom. The van der Waals surface area contributed by atoms with Gasteiger partial charge in [0.05, 0.1) is 22.0 Å². The van der Waals surface area contributed by atoms with E-state index in [0.29, 0.717) is 12.5 Å². The van der Waals surface area contributed by atoms with Crippen LogP contribution in [0.2, 0.25) is 4.34 Å². The number of benzene rings is 1. The van der Waals surface area contributed by atoms with Crippen molar-refractivity contribution in [2.45, 2.75) is 25.3 Å². The zero-order chi connectivity index (χ0) is 16.7. The van der Waals surface area contributed by atoms with Crippen molar-refractivity contribution in [2.24, 2.45) is 0 Å². The highest BCUT2D eigenvalue weighted by Gasteiger charge is 2.27. The predicted molar refractivity (Wildman–Crippen MR) is 98.8 cm³/mol. The molecule has 24 heavy (non-hydrogen) atoms. The predicted octanol–water partition coefficient (Wildman–Crippen LogP) is 5.10. The molecule has 0 radical (unpaired) electrons. The van der Waals surface area contributed by atoms with Crippen LogP contribution in [0, 0.1) is 0 Å². The monoisotopic (exact) mass is 356 g/mol. The highest BCUT2D eigenvalue weighted by Crippen LogP contribution is 2.40. The topological polar surface area (TPSA) is 33.2 Å². The average Bonchev–Trinajstić information content (AvgIpc) is 3.36. The molecule has 0 spiro atoms. The van der Waals surface area contributed by atoms with Crippen LogP contribution in [0.3, 0.4) is 0 Å². The van der Waals surface area contributed by atoms with E-state index in [0.717, 1.165) is 31.4 Å². The molecule has 1 aliphatic rings. The third-order valence-electron chi connectivity index (χ3n) is 4.33. The van der Waals surface area contributed by atoms with Gasteiger partial charge in [-0.2, -0.15) is 0 Å². The largest absolute Gasteiger partial charge is 0.337 e. The van der Waals surface area contributed by atoms with Crippen LogP contribution in [0.4, 0.5) is 0 Å². The molecule has 122 valence electrons. The maximum atomic E-state index is 13.0. The lowest BCUT2D eigenvalue weighted by Gasteiger charge is -2.18. The standard InChI is InChI=1S/C19H17ClN2OS/c1-22(11-13-8-9-18(20)24-13)19(23)15-10-17(12-6-7-12)21-16-5-3-2-4-14(15)16/h2-5,8-10,12H,6-7,11H2,1H3. The van der Waals surface area contributed by atoms with Gasteiger partial charge in [-0.1, -0.05) is 29.8 Å². The van der Waals surface area contributed by atoms with Gasteiger partial charge in [-0.25, -0.2) is 0 Å². The summed E-state index contributed by atoms with van der Waals surface area (Å²) in [6.45, 7) is 0.561. The second-order valence-electron chi connectivity index (χ2n) is 6.25.